The summed E-state index contributed by atoms with van der Waals surface area (Å²) in [4.78, 5) is 14.4. The zero-order valence-corrected chi connectivity index (χ0v) is 15.9. The summed E-state index contributed by atoms with van der Waals surface area (Å²) in [5.74, 6) is -0.257. The first kappa shape index (κ1) is 20.4. The number of thioether (sulfide) groups is 1. The molecule has 1 aliphatic rings. The molecule has 0 saturated carbocycles. The molecule has 11 heteroatoms. The number of carbonyl (C=O) groups is 1. The third-order valence-electron chi connectivity index (χ3n) is 3.90. The van der Waals surface area contributed by atoms with Gasteiger partial charge < -0.3 is 15.7 Å². The van der Waals surface area contributed by atoms with Gasteiger partial charge in [0.05, 0.1) is 11.6 Å². The molecule has 146 valence electrons. The van der Waals surface area contributed by atoms with E-state index < -0.39 is 10.5 Å². The Hall–Kier alpha value is -2.35. The van der Waals surface area contributed by atoms with Gasteiger partial charge in [-0.25, -0.2) is 10.4 Å². The van der Waals surface area contributed by atoms with Gasteiger partial charge >= 0.3 is 0 Å². The molecule has 0 aliphatic carbocycles. The highest BCUT2D eigenvalue weighted by atomic mass is 32.2. The van der Waals surface area contributed by atoms with Gasteiger partial charge in [-0.2, -0.15) is 10.5 Å². The maximum atomic E-state index is 12.6. The van der Waals surface area contributed by atoms with Crippen LogP contribution in [0.25, 0.3) is 6.08 Å². The number of amides is 1. The van der Waals surface area contributed by atoms with Crippen LogP contribution in [0, 0.1) is 10.4 Å². The van der Waals surface area contributed by atoms with Crippen LogP contribution in [-0.4, -0.2) is 32.2 Å². The van der Waals surface area contributed by atoms with Crippen molar-refractivity contribution in [2.45, 2.75) is 0 Å². The van der Waals surface area contributed by atoms with Gasteiger partial charge in [-0.05, 0) is 35.9 Å². The molecular formula is C17H16N4O5S2. The second kappa shape index (κ2) is 8.77. The van der Waals surface area contributed by atoms with Gasteiger partial charge in [-0.3, -0.25) is 9.69 Å². The standard InChI is InChI=1S/C17H16N4O5S2/c22-16-15(9-11-1-5-13(6-2-11)20(23)24)28-17(27)19(16)10-18-12-3-7-14(8-4-12)21(25)26/h1-9,18,20-21,23,25H,10H2. The maximum Gasteiger partial charge on any atom is 0.267 e. The Morgan fingerprint density at radius 2 is 1.57 bits per heavy atom. The Morgan fingerprint density at radius 1 is 1.04 bits per heavy atom. The highest BCUT2D eigenvalue weighted by molar-refractivity contribution is 8.26. The van der Waals surface area contributed by atoms with Crippen molar-refractivity contribution in [1.29, 1.82) is 0 Å². The zero-order chi connectivity index (χ0) is 20.3. The fourth-order valence-electron chi connectivity index (χ4n) is 2.41. The average Bonchev–Trinajstić information content (AvgIpc) is 2.94. The van der Waals surface area contributed by atoms with Gasteiger partial charge in [0.1, 0.15) is 4.32 Å². The van der Waals surface area contributed by atoms with E-state index in [2.05, 4.69) is 5.32 Å². The van der Waals surface area contributed by atoms with Gasteiger partial charge in [0, 0.05) is 30.0 Å². The number of carbonyl (C=O) groups excluding carboxylic acids is 1. The first-order valence-corrected chi connectivity index (χ1v) is 9.23. The molecule has 1 amide bonds. The number of nitrogens with one attached hydrogen (secondary N) is 3. The Labute approximate surface area is 169 Å². The number of hydrogen-bond donors (Lipinski definition) is 5. The van der Waals surface area contributed by atoms with Gasteiger partial charge in [-0.15, -0.1) is 0 Å². The third-order valence-corrected chi connectivity index (χ3v) is 5.28. The van der Waals surface area contributed by atoms with Crippen LogP contribution in [0.15, 0.2) is 53.4 Å². The van der Waals surface area contributed by atoms with Crippen LogP contribution < -0.4 is 15.8 Å². The maximum absolute atomic E-state index is 12.6. The molecule has 0 spiro atoms. The molecule has 0 aromatic heterocycles. The minimum Gasteiger partial charge on any atom is -0.595 e. The van der Waals surface area contributed by atoms with Crippen molar-refractivity contribution in [1.82, 2.24) is 4.90 Å². The number of benzene rings is 2. The smallest absolute Gasteiger partial charge is 0.267 e. The molecule has 1 aliphatic heterocycles. The summed E-state index contributed by atoms with van der Waals surface area (Å²) >= 11 is 6.43. The quantitative estimate of drug-likeness (QED) is 0.263. The van der Waals surface area contributed by atoms with Crippen LogP contribution in [0.1, 0.15) is 5.56 Å². The number of thiocarbonyl (C=S) groups is 1. The lowest BCUT2D eigenvalue weighted by atomic mass is 10.2. The Bertz CT molecular complexity index is 901. The van der Waals surface area contributed by atoms with Crippen LogP contribution in [0.5, 0.6) is 0 Å². The molecule has 1 heterocycles. The molecule has 5 N–H and O–H groups in total. The number of rotatable bonds is 6. The highest BCUT2D eigenvalue weighted by Gasteiger charge is 2.31. The monoisotopic (exact) mass is 420 g/mol. The Balaban J connectivity index is 1.65. The fourth-order valence-corrected chi connectivity index (χ4v) is 3.67. The second-order valence-electron chi connectivity index (χ2n) is 5.75. The number of anilines is 1. The van der Waals surface area contributed by atoms with E-state index in [4.69, 9.17) is 22.6 Å². The van der Waals surface area contributed by atoms with E-state index >= 15 is 0 Å². The molecule has 2 atom stereocenters. The second-order valence-corrected chi connectivity index (χ2v) is 7.43. The van der Waals surface area contributed by atoms with Crippen molar-refractivity contribution in [3.63, 3.8) is 0 Å². The van der Waals surface area contributed by atoms with Gasteiger partial charge in [0.25, 0.3) is 5.91 Å². The molecule has 3 rings (SSSR count). The predicted octanol–water partition coefficient (Wildman–Crippen LogP) is 0.764. The van der Waals surface area contributed by atoms with Gasteiger partial charge in [0.15, 0.2) is 11.4 Å². The summed E-state index contributed by atoms with van der Waals surface area (Å²) in [5.41, 5.74) is 1.70. The zero-order valence-electron chi connectivity index (χ0n) is 14.3. The van der Waals surface area contributed by atoms with Crippen molar-refractivity contribution in [3.8, 4) is 0 Å². The lowest BCUT2D eigenvalue weighted by Gasteiger charge is -2.17. The van der Waals surface area contributed by atoms with Crippen LogP contribution in [0.3, 0.4) is 0 Å². The van der Waals surface area contributed by atoms with Crippen molar-refractivity contribution < 1.29 is 25.7 Å². The molecule has 1 fully saturated rings. The van der Waals surface area contributed by atoms with Crippen molar-refractivity contribution >= 4 is 57.3 Å². The SMILES string of the molecule is O=C1C(=Cc2ccc([NH+]([O-])O)cc2)SC(=S)N1CNc1ccc([NH+]([O-])O)cc1. The van der Waals surface area contributed by atoms with Crippen LogP contribution in [0.2, 0.25) is 0 Å². The largest absolute Gasteiger partial charge is 0.595 e. The van der Waals surface area contributed by atoms with Crippen LogP contribution in [0.4, 0.5) is 17.1 Å². The molecule has 2 aromatic carbocycles. The normalized spacial score (nSPS) is 17.9. The summed E-state index contributed by atoms with van der Waals surface area (Å²) in [5, 5.41) is 40.6. The minimum atomic E-state index is -1.01. The number of nitrogens with zero attached hydrogens (tertiary/aromatic N) is 1. The predicted molar refractivity (Wildman–Crippen MR) is 108 cm³/mol. The fraction of sp³-hybridized carbons (Fsp3) is 0.0588. The van der Waals surface area contributed by atoms with Crippen LogP contribution >= 0.6 is 24.0 Å². The molecule has 0 bridgehead atoms. The molecule has 0 radical (unpaired) electrons. The van der Waals surface area contributed by atoms with E-state index in [9.17, 15) is 15.2 Å². The van der Waals surface area contributed by atoms with Crippen molar-refractivity contribution in [3.05, 3.63) is 69.4 Å². The lowest BCUT2D eigenvalue weighted by molar-refractivity contribution is -0.991. The minimum absolute atomic E-state index is 0.145. The Morgan fingerprint density at radius 3 is 2.11 bits per heavy atom. The molecule has 1 saturated heterocycles. The van der Waals surface area contributed by atoms with E-state index in [0.717, 1.165) is 11.8 Å². The van der Waals surface area contributed by atoms with E-state index in [1.807, 2.05) is 0 Å². The van der Waals surface area contributed by atoms with E-state index in [-0.39, 0.29) is 24.0 Å². The summed E-state index contributed by atoms with van der Waals surface area (Å²) in [7, 11) is 0. The lowest BCUT2D eigenvalue weighted by Crippen LogP contribution is -2.99. The molecule has 2 unspecified atom stereocenters. The van der Waals surface area contributed by atoms with E-state index in [1.165, 1.54) is 29.2 Å². The molecular weight excluding hydrogens is 404 g/mol. The summed E-state index contributed by atoms with van der Waals surface area (Å²) in [6.45, 7) is 0.145. The van der Waals surface area contributed by atoms with Crippen molar-refractivity contribution in [2.75, 3.05) is 12.0 Å². The molecule has 9 nitrogen and oxygen atoms in total. The summed E-state index contributed by atoms with van der Waals surface area (Å²) in [6.07, 6.45) is 1.66. The van der Waals surface area contributed by atoms with Gasteiger partial charge in [0.2, 0.25) is 0 Å². The highest BCUT2D eigenvalue weighted by Crippen LogP contribution is 2.32. The van der Waals surface area contributed by atoms with E-state index in [0.29, 0.717) is 20.5 Å². The Kier molecular flexibility index (Phi) is 6.39. The topological polar surface area (TPSA) is 128 Å². The average molecular weight is 420 g/mol. The first-order chi connectivity index (χ1) is 13.3. The molecule has 2 aromatic rings. The number of quaternary nitrogens is 2. The number of hydrogen-bond acceptors (Lipinski definition) is 8. The van der Waals surface area contributed by atoms with Crippen molar-refractivity contribution in [2.24, 2.45) is 0 Å². The summed E-state index contributed by atoms with van der Waals surface area (Å²) in [6, 6.07) is 12.3. The molecule has 28 heavy (non-hydrogen) atoms. The van der Waals surface area contributed by atoms with Crippen LogP contribution in [-0.2, 0) is 4.79 Å². The first-order valence-electron chi connectivity index (χ1n) is 8.01. The van der Waals surface area contributed by atoms with Gasteiger partial charge in [-0.1, -0.05) is 24.0 Å². The van der Waals surface area contributed by atoms with E-state index in [1.54, 1.807) is 30.3 Å². The third kappa shape index (κ3) is 4.73. The summed E-state index contributed by atoms with van der Waals surface area (Å²) < 4.78 is 0.396.